The summed E-state index contributed by atoms with van der Waals surface area (Å²) in [7, 11) is 0. The fraction of sp³-hybridized carbons (Fsp3) is 0.250. The zero-order chi connectivity index (χ0) is 23.7. The van der Waals surface area contributed by atoms with E-state index in [2.05, 4.69) is 15.1 Å². The third-order valence-corrected chi connectivity index (χ3v) is 5.81. The summed E-state index contributed by atoms with van der Waals surface area (Å²) in [5.74, 6) is 0.478. The molecule has 4 heterocycles. The predicted molar refractivity (Wildman–Crippen MR) is 126 cm³/mol. The van der Waals surface area contributed by atoms with E-state index in [1.807, 2.05) is 35.2 Å². The van der Waals surface area contributed by atoms with Gasteiger partial charge in [-0.2, -0.15) is 13.2 Å². The maximum atomic E-state index is 13.5. The van der Waals surface area contributed by atoms with Gasteiger partial charge in [0.1, 0.15) is 11.5 Å². The quantitative estimate of drug-likeness (QED) is 0.388. The predicted octanol–water partition coefficient (Wildman–Crippen LogP) is 5.08. The van der Waals surface area contributed by atoms with E-state index >= 15 is 0 Å². The Hall–Kier alpha value is -3.66. The molecule has 0 unspecified atom stereocenters. The lowest BCUT2D eigenvalue weighted by atomic mass is 10.0. The van der Waals surface area contributed by atoms with Crippen molar-refractivity contribution in [3.8, 4) is 11.1 Å². The molecule has 3 aromatic heterocycles. The molecule has 0 atom stereocenters. The number of pyridine rings is 2. The Labute approximate surface area is 205 Å². The number of aromatic nitrogens is 3. The van der Waals surface area contributed by atoms with Gasteiger partial charge in [0, 0.05) is 49.4 Å². The molecule has 0 N–H and O–H groups in total. The number of alkyl halides is 3. The normalized spacial score (nSPS) is 14.5. The number of hydrogen-bond acceptors (Lipinski definition) is 6. The van der Waals surface area contributed by atoms with Gasteiger partial charge in [-0.05, 0) is 24.1 Å². The molecule has 1 amide bonds. The highest BCUT2D eigenvalue weighted by Gasteiger charge is 2.33. The number of carbonyl (C=O) groups excluding carboxylic acids is 1. The number of amides is 1. The topological polar surface area (TPSA) is 75.4 Å². The summed E-state index contributed by atoms with van der Waals surface area (Å²) >= 11 is 0. The lowest BCUT2D eigenvalue weighted by Gasteiger charge is -2.24. The van der Waals surface area contributed by atoms with Crippen LogP contribution in [0, 0.1) is 0 Å². The van der Waals surface area contributed by atoms with Crippen molar-refractivity contribution < 1.29 is 22.5 Å². The molecule has 0 bridgehead atoms. The Morgan fingerprint density at radius 1 is 0.971 bits per heavy atom. The maximum absolute atomic E-state index is 13.5. The first kappa shape index (κ1) is 24.5. The third kappa shape index (κ3) is 4.93. The smallest absolute Gasteiger partial charge is 0.354 e. The van der Waals surface area contributed by atoms with Crippen LogP contribution in [0.4, 0.5) is 19.0 Å². The molecule has 0 saturated carbocycles. The van der Waals surface area contributed by atoms with Crippen LogP contribution < -0.4 is 4.90 Å². The molecule has 4 aromatic rings. The van der Waals surface area contributed by atoms with E-state index in [-0.39, 0.29) is 29.6 Å². The first-order valence-electron chi connectivity index (χ1n) is 10.8. The number of fused-ring (bicyclic) bond motifs is 1. The molecular formula is C24H21ClF3N5O2. The Bertz CT molecular complexity index is 1320. The fourth-order valence-corrected chi connectivity index (χ4v) is 4.15. The zero-order valence-electron chi connectivity index (χ0n) is 18.4. The first-order valence-corrected chi connectivity index (χ1v) is 10.8. The zero-order valence-corrected chi connectivity index (χ0v) is 19.2. The number of halogens is 4. The molecular weight excluding hydrogens is 483 g/mol. The highest BCUT2D eigenvalue weighted by molar-refractivity contribution is 5.99. The van der Waals surface area contributed by atoms with Crippen LogP contribution in [-0.2, 0) is 6.18 Å². The summed E-state index contributed by atoms with van der Waals surface area (Å²) in [6, 6.07) is 13.0. The van der Waals surface area contributed by atoms with E-state index in [0.29, 0.717) is 49.4 Å². The summed E-state index contributed by atoms with van der Waals surface area (Å²) in [5.41, 5.74) is 0.555. The van der Waals surface area contributed by atoms with Gasteiger partial charge in [-0.15, -0.1) is 12.4 Å². The van der Waals surface area contributed by atoms with E-state index in [1.54, 1.807) is 11.1 Å². The van der Waals surface area contributed by atoms with Gasteiger partial charge in [0.2, 0.25) is 5.76 Å². The van der Waals surface area contributed by atoms with E-state index in [4.69, 9.17) is 4.52 Å². The van der Waals surface area contributed by atoms with Crippen molar-refractivity contribution in [3.05, 3.63) is 72.4 Å². The van der Waals surface area contributed by atoms with E-state index in [1.165, 1.54) is 18.3 Å². The fourth-order valence-electron chi connectivity index (χ4n) is 4.15. The monoisotopic (exact) mass is 503 g/mol. The van der Waals surface area contributed by atoms with E-state index in [0.717, 1.165) is 11.6 Å². The number of carbonyl (C=O) groups is 1. The van der Waals surface area contributed by atoms with Crippen molar-refractivity contribution in [1.82, 2.24) is 20.0 Å². The van der Waals surface area contributed by atoms with Crippen molar-refractivity contribution in [2.75, 3.05) is 31.1 Å². The van der Waals surface area contributed by atoms with Crippen LogP contribution in [0.3, 0.4) is 0 Å². The molecule has 1 fully saturated rings. The third-order valence-electron chi connectivity index (χ3n) is 5.81. The van der Waals surface area contributed by atoms with Gasteiger partial charge < -0.3 is 14.3 Å². The minimum absolute atomic E-state index is 0. The molecule has 11 heteroatoms. The Morgan fingerprint density at radius 3 is 2.49 bits per heavy atom. The van der Waals surface area contributed by atoms with Gasteiger partial charge in [0.15, 0.2) is 0 Å². The van der Waals surface area contributed by atoms with Gasteiger partial charge in [0.25, 0.3) is 5.91 Å². The molecule has 1 saturated heterocycles. The van der Waals surface area contributed by atoms with Crippen molar-refractivity contribution in [2.45, 2.75) is 12.6 Å². The van der Waals surface area contributed by atoms with E-state index < -0.39 is 11.9 Å². The van der Waals surface area contributed by atoms with Gasteiger partial charge in [0.05, 0.1) is 11.7 Å². The first-order chi connectivity index (χ1) is 16.4. The van der Waals surface area contributed by atoms with Crippen molar-refractivity contribution in [3.63, 3.8) is 0 Å². The van der Waals surface area contributed by atoms with Crippen LogP contribution in [0.2, 0.25) is 0 Å². The number of benzene rings is 1. The van der Waals surface area contributed by atoms with Crippen molar-refractivity contribution in [2.24, 2.45) is 0 Å². The molecule has 182 valence electrons. The summed E-state index contributed by atoms with van der Waals surface area (Å²) in [6.07, 6.45) is -0.903. The second-order valence-electron chi connectivity index (χ2n) is 7.96. The van der Waals surface area contributed by atoms with Crippen LogP contribution in [0.25, 0.3) is 22.0 Å². The molecule has 1 aliphatic rings. The van der Waals surface area contributed by atoms with Crippen LogP contribution in [-0.4, -0.2) is 52.1 Å². The lowest BCUT2D eigenvalue weighted by Crippen LogP contribution is -2.35. The number of rotatable bonds is 3. The molecule has 1 aliphatic heterocycles. The Morgan fingerprint density at radius 2 is 1.77 bits per heavy atom. The van der Waals surface area contributed by atoms with Crippen LogP contribution in [0.5, 0.6) is 0 Å². The highest BCUT2D eigenvalue weighted by Crippen LogP contribution is 2.36. The number of nitrogens with zero attached hydrogens (tertiary/aromatic N) is 5. The van der Waals surface area contributed by atoms with Gasteiger partial charge in [-0.1, -0.05) is 35.5 Å². The number of hydrogen-bond donors (Lipinski definition) is 0. The van der Waals surface area contributed by atoms with Gasteiger partial charge >= 0.3 is 6.18 Å². The summed E-state index contributed by atoms with van der Waals surface area (Å²) in [4.78, 5) is 24.9. The molecule has 0 aliphatic carbocycles. The second kappa shape index (κ2) is 9.91. The average Bonchev–Trinajstić information content (AvgIpc) is 3.27. The number of anilines is 1. The largest absolute Gasteiger partial charge is 0.433 e. The summed E-state index contributed by atoms with van der Waals surface area (Å²) in [6.45, 7) is 1.99. The Kier molecular flexibility index (Phi) is 6.93. The van der Waals surface area contributed by atoms with Gasteiger partial charge in [-0.25, -0.2) is 9.97 Å². The van der Waals surface area contributed by atoms with Gasteiger partial charge in [-0.3, -0.25) is 4.79 Å². The molecule has 35 heavy (non-hydrogen) atoms. The molecule has 1 aromatic carbocycles. The van der Waals surface area contributed by atoms with Crippen LogP contribution >= 0.6 is 12.4 Å². The highest BCUT2D eigenvalue weighted by atomic mass is 35.5. The summed E-state index contributed by atoms with van der Waals surface area (Å²) < 4.78 is 45.4. The molecule has 0 radical (unpaired) electrons. The molecule has 5 rings (SSSR count). The standard InChI is InChI=1S/C24H20F3N5O2.ClH/c25-24(26,27)20-8-7-17-21(30-20)18(16-5-2-1-3-6-16)15-28-22(17)31-11-4-12-32(14-13-31)23(33)19-9-10-29-34-19;/h1-3,5-10,15H,4,11-14H2;1H. The minimum Gasteiger partial charge on any atom is -0.354 e. The lowest BCUT2D eigenvalue weighted by molar-refractivity contribution is -0.140. The second-order valence-corrected chi connectivity index (χ2v) is 7.96. The van der Waals surface area contributed by atoms with Crippen LogP contribution in [0.1, 0.15) is 22.7 Å². The average molecular weight is 504 g/mol. The molecule has 0 spiro atoms. The van der Waals surface area contributed by atoms with Crippen molar-refractivity contribution >= 4 is 35.0 Å². The van der Waals surface area contributed by atoms with Crippen LogP contribution in [0.15, 0.2) is 65.4 Å². The Balaban J connectivity index is 0.00000289. The minimum atomic E-state index is -4.56. The SMILES string of the molecule is Cl.O=C(c1ccno1)N1CCCN(c2ncc(-c3ccccc3)c3nc(C(F)(F)F)ccc23)CC1. The van der Waals surface area contributed by atoms with Crippen molar-refractivity contribution in [1.29, 1.82) is 0 Å². The van der Waals surface area contributed by atoms with E-state index in [9.17, 15) is 18.0 Å². The molecule has 7 nitrogen and oxygen atoms in total. The maximum Gasteiger partial charge on any atom is 0.433 e. The summed E-state index contributed by atoms with van der Waals surface area (Å²) in [5, 5.41) is 4.12.